The van der Waals surface area contributed by atoms with Crippen molar-refractivity contribution in [3.63, 3.8) is 0 Å². The van der Waals surface area contributed by atoms with Crippen LogP contribution < -0.4 is 5.32 Å². The highest BCUT2D eigenvalue weighted by Crippen LogP contribution is 2.33. The molecule has 1 amide bonds. The highest BCUT2D eigenvalue weighted by molar-refractivity contribution is 9.10. The zero-order valence-corrected chi connectivity index (χ0v) is 14.3. The van der Waals surface area contributed by atoms with Gasteiger partial charge in [-0.05, 0) is 59.7 Å². The third kappa shape index (κ3) is 3.60. The van der Waals surface area contributed by atoms with Crippen LogP contribution in [0.4, 0.5) is 0 Å². The van der Waals surface area contributed by atoms with Crippen molar-refractivity contribution < 1.29 is 4.79 Å². The van der Waals surface area contributed by atoms with E-state index in [0.717, 1.165) is 28.6 Å². The van der Waals surface area contributed by atoms with Gasteiger partial charge in [0.15, 0.2) is 0 Å². The monoisotopic (exact) mass is 387 g/mol. The Hall–Kier alpha value is -0.350. The average molecular weight is 389 g/mol. The summed E-state index contributed by atoms with van der Waals surface area (Å²) >= 11 is 7.02. The fraction of sp³-hybridized carbons (Fsp3) is 0.533. The van der Waals surface area contributed by atoms with Crippen LogP contribution in [0.5, 0.6) is 0 Å². The van der Waals surface area contributed by atoms with Gasteiger partial charge in [0, 0.05) is 9.80 Å². The second kappa shape index (κ2) is 6.40. The fourth-order valence-corrected chi connectivity index (χ4v) is 3.73. The molecule has 19 heavy (non-hydrogen) atoms. The molecule has 1 saturated carbocycles. The molecule has 0 heterocycles. The lowest BCUT2D eigenvalue weighted by molar-refractivity contribution is 0.0873. The van der Waals surface area contributed by atoms with E-state index in [1.54, 1.807) is 0 Å². The fourth-order valence-electron chi connectivity index (χ4n) is 2.56. The molecule has 1 aliphatic carbocycles. The van der Waals surface area contributed by atoms with Gasteiger partial charge in [0.05, 0.1) is 11.1 Å². The molecule has 0 radical (unpaired) electrons. The third-order valence-corrected chi connectivity index (χ3v) is 5.75. The Kier molecular flexibility index (Phi) is 5.07. The van der Waals surface area contributed by atoms with E-state index in [4.69, 9.17) is 0 Å². The van der Waals surface area contributed by atoms with Crippen LogP contribution in [0.2, 0.25) is 0 Å². The van der Waals surface area contributed by atoms with Gasteiger partial charge in [0.1, 0.15) is 0 Å². The molecule has 104 valence electrons. The largest absolute Gasteiger partial charge is 0.346 e. The Bertz CT molecular complexity index is 453. The Morgan fingerprint density at radius 3 is 2.58 bits per heavy atom. The van der Waals surface area contributed by atoms with Crippen LogP contribution >= 0.6 is 31.9 Å². The summed E-state index contributed by atoms with van der Waals surface area (Å²) in [5, 5.41) is 4.07. The SMILES string of the molecule is CC1CCC(CBr)(NC(=O)c2ccccc2Br)CC1. The van der Waals surface area contributed by atoms with Gasteiger partial charge in [-0.15, -0.1) is 0 Å². The molecule has 1 fully saturated rings. The second-order valence-corrected chi connectivity index (χ2v) is 6.95. The van der Waals surface area contributed by atoms with Gasteiger partial charge in [0.25, 0.3) is 5.91 Å². The molecule has 1 aromatic rings. The van der Waals surface area contributed by atoms with Gasteiger partial charge in [-0.3, -0.25) is 4.79 Å². The van der Waals surface area contributed by atoms with Crippen LogP contribution in [-0.4, -0.2) is 16.8 Å². The highest BCUT2D eigenvalue weighted by Gasteiger charge is 2.35. The summed E-state index contributed by atoms with van der Waals surface area (Å²) in [6.45, 7) is 2.29. The van der Waals surface area contributed by atoms with Crippen LogP contribution in [0.1, 0.15) is 43.0 Å². The summed E-state index contributed by atoms with van der Waals surface area (Å²) < 4.78 is 0.849. The number of nitrogens with one attached hydrogen (secondary N) is 1. The maximum Gasteiger partial charge on any atom is 0.252 e. The zero-order valence-electron chi connectivity index (χ0n) is 11.1. The molecule has 1 aliphatic rings. The van der Waals surface area contributed by atoms with Crippen molar-refractivity contribution in [2.75, 3.05) is 5.33 Å². The van der Waals surface area contributed by atoms with E-state index in [2.05, 4.69) is 44.1 Å². The minimum Gasteiger partial charge on any atom is -0.346 e. The van der Waals surface area contributed by atoms with Crippen molar-refractivity contribution in [3.8, 4) is 0 Å². The number of alkyl halides is 1. The molecular formula is C15H19Br2NO. The maximum absolute atomic E-state index is 12.4. The lowest BCUT2D eigenvalue weighted by atomic mass is 9.78. The van der Waals surface area contributed by atoms with Crippen LogP contribution in [0.15, 0.2) is 28.7 Å². The van der Waals surface area contributed by atoms with E-state index in [-0.39, 0.29) is 11.4 Å². The first-order valence-corrected chi connectivity index (χ1v) is 8.61. The summed E-state index contributed by atoms with van der Waals surface area (Å²) in [4.78, 5) is 12.4. The molecule has 0 unspecified atom stereocenters. The lowest BCUT2D eigenvalue weighted by Gasteiger charge is -2.39. The predicted molar refractivity (Wildman–Crippen MR) is 85.8 cm³/mol. The number of carbonyl (C=O) groups is 1. The lowest BCUT2D eigenvalue weighted by Crippen LogP contribution is -2.52. The van der Waals surface area contributed by atoms with Crippen LogP contribution in [0, 0.1) is 5.92 Å². The molecule has 0 aliphatic heterocycles. The van der Waals surface area contributed by atoms with Gasteiger partial charge >= 0.3 is 0 Å². The smallest absolute Gasteiger partial charge is 0.252 e. The van der Waals surface area contributed by atoms with Crippen molar-refractivity contribution >= 4 is 37.8 Å². The van der Waals surface area contributed by atoms with Crippen molar-refractivity contribution in [1.29, 1.82) is 0 Å². The average Bonchev–Trinajstić information content (AvgIpc) is 2.42. The Balaban J connectivity index is 2.11. The van der Waals surface area contributed by atoms with Gasteiger partial charge < -0.3 is 5.32 Å². The van der Waals surface area contributed by atoms with Gasteiger partial charge in [0.2, 0.25) is 0 Å². The summed E-state index contributed by atoms with van der Waals surface area (Å²) in [5.41, 5.74) is 0.625. The van der Waals surface area contributed by atoms with E-state index >= 15 is 0 Å². The van der Waals surface area contributed by atoms with Crippen molar-refractivity contribution in [3.05, 3.63) is 34.3 Å². The molecule has 2 nitrogen and oxygen atoms in total. The summed E-state index contributed by atoms with van der Waals surface area (Å²) in [5.74, 6) is 0.786. The molecule has 2 rings (SSSR count). The van der Waals surface area contributed by atoms with Crippen molar-refractivity contribution in [1.82, 2.24) is 5.32 Å². The van der Waals surface area contributed by atoms with E-state index < -0.39 is 0 Å². The molecule has 0 bridgehead atoms. The van der Waals surface area contributed by atoms with E-state index in [1.165, 1.54) is 12.8 Å². The number of rotatable bonds is 3. The Morgan fingerprint density at radius 2 is 2.00 bits per heavy atom. The maximum atomic E-state index is 12.4. The van der Waals surface area contributed by atoms with Gasteiger partial charge in [-0.1, -0.05) is 35.0 Å². The van der Waals surface area contributed by atoms with Crippen LogP contribution in [0.3, 0.4) is 0 Å². The number of carbonyl (C=O) groups excluding carboxylic acids is 1. The topological polar surface area (TPSA) is 29.1 Å². The first kappa shape index (κ1) is 15.0. The van der Waals surface area contributed by atoms with Gasteiger partial charge in [-0.25, -0.2) is 0 Å². The Morgan fingerprint density at radius 1 is 1.37 bits per heavy atom. The first-order valence-electron chi connectivity index (χ1n) is 6.69. The van der Waals surface area contributed by atoms with Crippen molar-refractivity contribution in [2.24, 2.45) is 5.92 Å². The predicted octanol–water partition coefficient (Wildman–Crippen LogP) is 4.52. The van der Waals surface area contributed by atoms with E-state index in [0.29, 0.717) is 5.56 Å². The van der Waals surface area contributed by atoms with Crippen LogP contribution in [0.25, 0.3) is 0 Å². The molecule has 0 spiro atoms. The summed E-state index contributed by atoms with van der Waals surface area (Å²) in [6, 6.07) is 7.57. The van der Waals surface area contributed by atoms with E-state index in [1.807, 2.05) is 24.3 Å². The minimum absolute atomic E-state index is 0.0153. The molecule has 4 heteroatoms. The highest BCUT2D eigenvalue weighted by atomic mass is 79.9. The summed E-state index contributed by atoms with van der Waals surface area (Å²) in [7, 11) is 0. The van der Waals surface area contributed by atoms with E-state index in [9.17, 15) is 4.79 Å². The van der Waals surface area contributed by atoms with Gasteiger partial charge in [-0.2, -0.15) is 0 Å². The first-order chi connectivity index (χ1) is 9.06. The number of hydrogen-bond acceptors (Lipinski definition) is 1. The number of benzene rings is 1. The third-order valence-electron chi connectivity index (χ3n) is 3.98. The van der Waals surface area contributed by atoms with Crippen LogP contribution in [-0.2, 0) is 0 Å². The minimum atomic E-state index is -0.0844. The second-order valence-electron chi connectivity index (χ2n) is 5.53. The number of amides is 1. The zero-order chi connectivity index (χ0) is 13.9. The molecular weight excluding hydrogens is 370 g/mol. The molecule has 0 atom stereocenters. The quantitative estimate of drug-likeness (QED) is 0.757. The molecule has 1 N–H and O–H groups in total. The molecule has 0 aromatic heterocycles. The Labute approximate surface area is 131 Å². The normalized spacial score (nSPS) is 27.0. The summed E-state index contributed by atoms with van der Waals surface area (Å²) in [6.07, 6.45) is 4.47. The molecule has 0 saturated heterocycles. The standard InChI is InChI=1S/C15H19Br2NO/c1-11-6-8-15(10-16,9-7-11)18-14(19)12-4-2-3-5-13(12)17/h2-5,11H,6-10H2,1H3,(H,18,19). The van der Waals surface area contributed by atoms with Crippen molar-refractivity contribution in [2.45, 2.75) is 38.1 Å². The number of halogens is 2. The number of hydrogen-bond donors (Lipinski definition) is 1. The molecule has 1 aromatic carbocycles.